The molecule has 0 spiro atoms. The molecule has 0 aliphatic carbocycles. The fourth-order valence-corrected chi connectivity index (χ4v) is 24.2. The standard InChI is InChI=1S/C118H94F5N9O12S4.2Zn/c1-53-39-59(7)99(60(8)40-53)106-81-27-29-85(127-81)108(86-30-28-82(128-86)107(100-61(9)41-54(2)42-62(100)10)84-34-38-94(132-84)112(93-37-33-83(106)131-93)113-114(119)116(121)118(123)117(122)115(113)120)102-65(13)47-73(48-66(102)14)76-49-96(146-144-142-134)77(52-97(76)147(135,136)137)78-50-95(145-143-141-133)75(51-98(78)148(138,139)140)72-45-63(11)101(64(12)46-72)109-87-31-35-91(129-87)110(103-67(15)55(3)43-56(4)68(103)16)89-25-23-79(125-89)105(71-19-21-74(124)22-20-71)80-24-26-90(126-80)111(92-36-32-88(109)130-92)104-69(17)57(5)44-58(6)70(104)18;;/h19-52,133-134H,124H2,1-18H3,(H,135,136,137)(H,138,139,140);;/q-4;2*+2/p-4. The van der Waals surface area contributed by atoms with Gasteiger partial charge in [-0.2, -0.15) is 8.67 Å². The third-order valence-corrected chi connectivity index (χ3v) is 31.5. The second-order valence-electron chi connectivity index (χ2n) is 38.1. The number of aromatic nitrogens is 8. The van der Waals surface area contributed by atoms with Crippen LogP contribution in [0.2, 0.25) is 0 Å². The molecule has 150 heavy (non-hydrogen) atoms. The van der Waals surface area contributed by atoms with E-state index in [0.29, 0.717) is 152 Å². The average molecular weight is 2180 g/mol. The minimum absolute atomic E-state index is 0. The maximum atomic E-state index is 16.7. The summed E-state index contributed by atoms with van der Waals surface area (Å²) in [5, 5.41) is 32.3. The van der Waals surface area contributed by atoms with Crippen molar-refractivity contribution in [2.24, 2.45) is 0 Å². The maximum absolute atomic E-state index is 16.7. The minimum atomic E-state index is -5.77. The van der Waals surface area contributed by atoms with Gasteiger partial charge >= 0.3 is 39.0 Å². The van der Waals surface area contributed by atoms with E-state index >= 15 is 22.0 Å². The van der Waals surface area contributed by atoms with E-state index < -0.39 is 81.4 Å². The van der Waals surface area contributed by atoms with E-state index in [0.717, 1.165) is 136 Å². The summed E-state index contributed by atoms with van der Waals surface area (Å²) in [4.78, 5) is 41.0. The van der Waals surface area contributed by atoms with Gasteiger partial charge in [0, 0.05) is 32.2 Å². The summed E-state index contributed by atoms with van der Waals surface area (Å²) in [5.74, 6) is -10.9. The van der Waals surface area contributed by atoms with Crippen molar-refractivity contribution in [2.45, 2.75) is 144 Å². The predicted octanol–water partition coefficient (Wildman–Crippen LogP) is 26.6. The number of aryl methyl sites for hydroxylation is 14. The summed E-state index contributed by atoms with van der Waals surface area (Å²) in [6.45, 7) is 35.2. The largest absolute Gasteiger partial charge is 2.00 e. The summed E-state index contributed by atoms with van der Waals surface area (Å²) in [6.07, 6.45) is 14.4. The Morgan fingerprint density at radius 2 is 0.513 bits per heavy atom. The number of nitrogen functional groups attached to an aromatic ring is 1. The monoisotopic (exact) mass is 2180 g/mol. The molecule has 746 valence electrons. The Kier molecular flexibility index (Phi) is 29.0. The zero-order valence-corrected chi connectivity index (χ0v) is 93.8. The Balaban J connectivity index is 0.00000734. The average Bonchev–Trinajstić information content (AvgIpc) is 1.09. The molecule has 0 unspecified atom stereocenters. The summed E-state index contributed by atoms with van der Waals surface area (Å²) in [6, 6.07) is 45.0. The number of rotatable bonds is 19. The Morgan fingerprint density at radius 3 is 0.820 bits per heavy atom. The second-order valence-corrected chi connectivity index (χ2v) is 42.3. The van der Waals surface area contributed by atoms with Crippen LogP contribution in [0.5, 0.6) is 0 Å². The van der Waals surface area contributed by atoms with Crippen molar-refractivity contribution in [3.05, 3.63) is 333 Å². The first-order valence-electron chi connectivity index (χ1n) is 47.1. The van der Waals surface area contributed by atoms with Gasteiger partial charge in [0.25, 0.3) is 0 Å². The number of nitrogens with zero attached hydrogens (tertiary/aromatic N) is 8. The van der Waals surface area contributed by atoms with E-state index in [-0.39, 0.29) is 105 Å². The van der Waals surface area contributed by atoms with Crippen molar-refractivity contribution in [3.8, 4) is 122 Å². The van der Waals surface area contributed by atoms with Crippen molar-refractivity contribution in [2.75, 3.05) is 5.73 Å². The van der Waals surface area contributed by atoms with Crippen molar-refractivity contribution in [3.63, 3.8) is 0 Å². The first-order chi connectivity index (χ1) is 70.5. The van der Waals surface area contributed by atoms with Crippen LogP contribution in [0.3, 0.4) is 0 Å². The van der Waals surface area contributed by atoms with E-state index in [1.54, 1.807) is 74.5 Å². The third-order valence-electron chi connectivity index (χ3n) is 28.4. The molecule has 21 nitrogen and oxygen atoms in total. The van der Waals surface area contributed by atoms with Crippen LogP contribution in [0.1, 0.15) is 146 Å². The van der Waals surface area contributed by atoms with Crippen molar-refractivity contribution in [1.82, 2.24) is 39.9 Å². The molecule has 20 rings (SSSR count). The SMILES string of the molecule is Cc1cc(C)c(-c2c3nc(c(-c4c(F)c(F)c(F)c(F)c4F)c4ccc([n-]4)c(-c4c(C)cc(C)cc4C)c4nc(c(-c5c(C)cc(-c6cc(SOO[O-])c(-c7cc(SOO[O-])c(-c8cc(C)c(-c9c%10nc(c(-c%11c(C)c(C)cc(C)c%11C)c%11ccc([n-]%11)c(-c%11ccc(N)cc%11)c%11nc(c(-c%12c(C)c(C)cc(C)c%12C)c%12ccc9[n-]%12)C=C%11)C=C%10)c(C)c8)cc7S(=O)(=O)[O-])cc6S(=O)(=O)[O-])cc5C)c5ccc2[n-]5)C=C4)C=C3)c(C)c1.[Zn+2].[Zn+2]. The van der Waals surface area contributed by atoms with E-state index in [1.165, 1.54) is 12.1 Å². The quantitative estimate of drug-likeness (QED) is 0.00904. The van der Waals surface area contributed by atoms with Crippen LogP contribution in [0.4, 0.5) is 27.6 Å². The molecule has 2 N–H and O–H groups in total. The molecule has 4 aliphatic rings. The molecule has 0 amide bonds. The summed E-state index contributed by atoms with van der Waals surface area (Å²) in [5.41, 5.74) is 34.5. The number of halogens is 5. The molecular weight excluding hydrogens is 2090 g/mol. The fraction of sp³-hybridized carbons (Fsp3) is 0.153. The third kappa shape index (κ3) is 18.8. The maximum Gasteiger partial charge on any atom is 2.00 e. The minimum Gasteiger partial charge on any atom is -0.744 e. The van der Waals surface area contributed by atoms with Gasteiger partial charge in [-0.1, -0.05) is 132 Å². The Bertz CT molecular complexity index is 9040. The molecule has 0 saturated carbocycles. The normalized spacial score (nSPS) is 12.3. The molecule has 0 radical (unpaired) electrons. The van der Waals surface area contributed by atoms with Crippen LogP contribution in [-0.2, 0) is 77.9 Å². The van der Waals surface area contributed by atoms with Gasteiger partial charge in [-0.15, -0.1) is 44.1 Å². The molecule has 32 heteroatoms. The van der Waals surface area contributed by atoms with Crippen LogP contribution in [0, 0.1) is 154 Å². The summed E-state index contributed by atoms with van der Waals surface area (Å²) in [7, 11) is -11.5. The molecule has 10 aromatic carbocycles. The Morgan fingerprint density at radius 1 is 0.267 bits per heavy atom. The van der Waals surface area contributed by atoms with Gasteiger partial charge in [0.2, 0.25) is 5.82 Å². The molecule has 6 aromatic heterocycles. The molecule has 4 aliphatic heterocycles. The fourth-order valence-electron chi connectivity index (χ4n) is 21.7. The van der Waals surface area contributed by atoms with Crippen LogP contribution in [-0.4, -0.2) is 45.9 Å². The number of nitrogens with two attached hydrogens (primary N) is 1. The van der Waals surface area contributed by atoms with Gasteiger partial charge in [0.15, 0.2) is 23.3 Å². The summed E-state index contributed by atoms with van der Waals surface area (Å²) >= 11 is 0.487. The summed E-state index contributed by atoms with van der Waals surface area (Å²) < 4.78 is 177. The smallest absolute Gasteiger partial charge is 0.744 e. The Hall–Kier alpha value is -13.6. The molecule has 0 fully saturated rings. The molecule has 0 atom stereocenters. The zero-order chi connectivity index (χ0) is 105. The van der Waals surface area contributed by atoms with Gasteiger partial charge in [0.1, 0.15) is 20.2 Å². The number of anilines is 1. The molecule has 10 heterocycles. The van der Waals surface area contributed by atoms with Crippen LogP contribution in [0.25, 0.3) is 215 Å². The van der Waals surface area contributed by atoms with Gasteiger partial charge in [-0.25, -0.2) is 58.7 Å². The number of benzene rings is 10. The number of hydrogen-bond acceptors (Lipinski definition) is 19. The second kappa shape index (κ2) is 40.9. The van der Waals surface area contributed by atoms with Gasteiger partial charge < -0.3 is 45.3 Å². The molecule has 16 aromatic rings. The number of hydrogen-bond donors (Lipinski definition) is 1. The van der Waals surface area contributed by atoms with E-state index in [1.807, 2.05) is 152 Å². The topological polar surface area (TPSA) is 331 Å². The Labute approximate surface area is 896 Å². The molecule has 0 saturated heterocycles. The van der Waals surface area contributed by atoms with Crippen molar-refractivity contribution < 1.29 is 116 Å². The van der Waals surface area contributed by atoms with Gasteiger partial charge in [-0.05, 0) is 399 Å². The number of fused-ring (bicyclic) bond motifs is 16. The zero-order valence-electron chi connectivity index (χ0n) is 84.6. The van der Waals surface area contributed by atoms with Crippen LogP contribution in [0.15, 0.2) is 177 Å². The first kappa shape index (κ1) is 106. The van der Waals surface area contributed by atoms with E-state index in [2.05, 4.69) is 77.6 Å². The van der Waals surface area contributed by atoms with E-state index in [9.17, 15) is 36.5 Å². The van der Waals surface area contributed by atoms with Crippen LogP contribution >= 0.6 is 24.1 Å². The van der Waals surface area contributed by atoms with Crippen molar-refractivity contribution in [1.29, 1.82) is 0 Å². The predicted molar refractivity (Wildman–Crippen MR) is 568 cm³/mol. The van der Waals surface area contributed by atoms with Gasteiger partial charge in [0.05, 0.1) is 85.0 Å². The van der Waals surface area contributed by atoms with E-state index in [4.69, 9.17) is 54.3 Å². The first-order valence-corrected chi connectivity index (χ1v) is 51.4. The van der Waals surface area contributed by atoms with Crippen molar-refractivity contribution >= 4 is 143 Å². The van der Waals surface area contributed by atoms with Crippen LogP contribution < -0.4 is 36.2 Å². The molecular formula is C118H90F5N9O12S4Zn2-4. The van der Waals surface area contributed by atoms with Gasteiger partial charge in [-0.3, -0.25) is 10.1 Å². The molecule has 16 bridgehead atoms.